The Hall–Kier alpha value is -3.20. The van der Waals surface area contributed by atoms with Gasteiger partial charge in [-0.05, 0) is 52.3 Å². The molecule has 31 heavy (non-hydrogen) atoms. The summed E-state index contributed by atoms with van der Waals surface area (Å²) < 4.78 is 15.8. The number of nitrogens with one attached hydrogen (secondary N) is 3. The Kier molecular flexibility index (Phi) is 6.45. The van der Waals surface area contributed by atoms with E-state index in [1.54, 1.807) is 16.8 Å². The van der Waals surface area contributed by atoms with E-state index in [4.69, 9.17) is 0 Å². The van der Waals surface area contributed by atoms with Crippen molar-refractivity contribution in [3.05, 3.63) is 47.9 Å². The van der Waals surface area contributed by atoms with Gasteiger partial charge in [-0.15, -0.1) is 0 Å². The smallest absolute Gasteiger partial charge is 0.255 e. The zero-order chi connectivity index (χ0) is 22.8. The van der Waals surface area contributed by atoms with Crippen molar-refractivity contribution in [3.8, 4) is 0 Å². The third kappa shape index (κ3) is 5.49. The summed E-state index contributed by atoms with van der Waals surface area (Å²) in [5.41, 5.74) is 2.14. The number of nitrogens with zero attached hydrogens (tertiary/aromatic N) is 3. The van der Waals surface area contributed by atoms with Gasteiger partial charge in [-0.25, -0.2) is 13.9 Å². The molecular formula is C22H29FN6O2. The van der Waals surface area contributed by atoms with Gasteiger partial charge >= 0.3 is 0 Å². The number of hydrogen-bond acceptors (Lipinski definition) is 6. The number of fused-ring (bicyclic) bond motifs is 1. The Bertz CT molecular complexity index is 1070. The number of carbonyl (C=O) groups is 1. The molecule has 8 nitrogen and oxygen atoms in total. The molecular weight excluding hydrogens is 399 g/mol. The number of rotatable bonds is 8. The number of carbonyl (C=O) groups excluding carboxylic acids is 1. The zero-order valence-electron chi connectivity index (χ0n) is 18.4. The molecule has 0 aliphatic heterocycles. The second-order valence-electron chi connectivity index (χ2n) is 8.44. The van der Waals surface area contributed by atoms with Crippen LogP contribution in [0.4, 0.5) is 21.6 Å². The van der Waals surface area contributed by atoms with Crippen LogP contribution in [-0.2, 0) is 0 Å². The fraction of sp³-hybridized carbons (Fsp3) is 0.409. The second-order valence-corrected chi connectivity index (χ2v) is 8.44. The molecule has 1 amide bonds. The minimum absolute atomic E-state index is 0.0666. The maximum atomic E-state index is 14.0. The number of aliphatic hydroxyl groups is 1. The highest BCUT2D eigenvalue weighted by atomic mass is 19.1. The Morgan fingerprint density at radius 2 is 2.03 bits per heavy atom. The number of anilines is 3. The first kappa shape index (κ1) is 22.5. The lowest BCUT2D eigenvalue weighted by molar-refractivity contribution is -0.00177. The molecule has 1 atom stereocenters. The van der Waals surface area contributed by atoms with Crippen molar-refractivity contribution in [1.29, 1.82) is 0 Å². The van der Waals surface area contributed by atoms with E-state index in [0.29, 0.717) is 17.1 Å². The maximum absolute atomic E-state index is 14.0. The summed E-state index contributed by atoms with van der Waals surface area (Å²) in [5, 5.41) is 23.0. The monoisotopic (exact) mass is 428 g/mol. The summed E-state index contributed by atoms with van der Waals surface area (Å²) in [6.45, 7) is 8.31. The number of alkyl halides is 1. The number of halogens is 1. The van der Waals surface area contributed by atoms with E-state index in [9.17, 15) is 14.3 Å². The van der Waals surface area contributed by atoms with Crippen LogP contribution in [-0.4, -0.2) is 50.0 Å². The highest BCUT2D eigenvalue weighted by molar-refractivity contribution is 6.00. The number of hydrogen-bond donors (Lipinski definition) is 4. The molecule has 3 aromatic heterocycles. The van der Waals surface area contributed by atoms with Crippen molar-refractivity contribution in [3.63, 3.8) is 0 Å². The molecule has 0 spiro atoms. The maximum Gasteiger partial charge on any atom is 0.255 e. The predicted octanol–water partition coefficient (Wildman–Crippen LogP) is 3.44. The molecule has 0 saturated heterocycles. The van der Waals surface area contributed by atoms with Crippen LogP contribution in [0.25, 0.3) is 5.52 Å². The van der Waals surface area contributed by atoms with Gasteiger partial charge in [0.05, 0.1) is 28.9 Å². The molecule has 3 aromatic rings. The van der Waals surface area contributed by atoms with Crippen molar-refractivity contribution >= 4 is 28.6 Å². The van der Waals surface area contributed by atoms with Crippen molar-refractivity contribution in [2.75, 3.05) is 17.2 Å². The normalized spacial score (nSPS) is 12.8. The van der Waals surface area contributed by atoms with Crippen molar-refractivity contribution in [1.82, 2.24) is 19.9 Å². The average Bonchev–Trinajstić information content (AvgIpc) is 3.12. The van der Waals surface area contributed by atoms with Crippen LogP contribution in [0.5, 0.6) is 0 Å². The third-order valence-electron chi connectivity index (χ3n) is 4.80. The second kappa shape index (κ2) is 8.89. The van der Waals surface area contributed by atoms with E-state index < -0.39 is 17.7 Å². The largest absolute Gasteiger partial charge is 0.387 e. The lowest BCUT2D eigenvalue weighted by atomic mass is 10.0. The molecule has 0 aromatic carbocycles. The Labute approximate surface area is 180 Å². The van der Waals surface area contributed by atoms with E-state index in [2.05, 4.69) is 26.0 Å². The summed E-state index contributed by atoms with van der Waals surface area (Å²) in [6, 6.07) is 5.69. The van der Waals surface area contributed by atoms with Crippen LogP contribution in [0.15, 0.2) is 36.8 Å². The van der Waals surface area contributed by atoms with Gasteiger partial charge in [0, 0.05) is 36.4 Å². The molecule has 0 aliphatic carbocycles. The first-order valence-electron chi connectivity index (χ1n) is 10.2. The summed E-state index contributed by atoms with van der Waals surface area (Å²) in [4.78, 5) is 17.0. The Morgan fingerprint density at radius 1 is 1.29 bits per heavy atom. The first-order valence-corrected chi connectivity index (χ1v) is 10.2. The number of pyridine rings is 2. The van der Waals surface area contributed by atoms with Crippen molar-refractivity contribution < 1.29 is 14.3 Å². The third-order valence-corrected chi connectivity index (χ3v) is 4.80. The van der Waals surface area contributed by atoms with Gasteiger partial charge in [0.15, 0.2) is 0 Å². The van der Waals surface area contributed by atoms with Gasteiger partial charge in [0.2, 0.25) is 0 Å². The standard InChI is InChI=1S/C22H29FN6O2/c1-13(2)27-18-9-20(28-17-8-15-6-7-26-29(15)12-14(17)3)24-10-16(18)21(30)25-11-19(23)22(4,5)31/h6-10,12-13,19,31H,11H2,1-5H3,(H,25,30)(H2,24,27,28)/t19-/m1/s1. The van der Waals surface area contributed by atoms with Gasteiger partial charge < -0.3 is 21.1 Å². The van der Waals surface area contributed by atoms with Crippen LogP contribution in [0, 0.1) is 6.92 Å². The predicted molar refractivity (Wildman–Crippen MR) is 120 cm³/mol. The molecule has 0 radical (unpaired) electrons. The van der Waals surface area contributed by atoms with E-state index >= 15 is 0 Å². The fourth-order valence-corrected chi connectivity index (χ4v) is 3.00. The lowest BCUT2D eigenvalue weighted by Crippen LogP contribution is -2.42. The van der Waals surface area contributed by atoms with Crippen LogP contribution in [0.3, 0.4) is 0 Å². The van der Waals surface area contributed by atoms with Gasteiger partial charge in [0.25, 0.3) is 5.91 Å². The molecule has 0 fully saturated rings. The van der Waals surface area contributed by atoms with Crippen LogP contribution >= 0.6 is 0 Å². The van der Waals surface area contributed by atoms with Gasteiger partial charge in [-0.1, -0.05) is 0 Å². The SMILES string of the molecule is Cc1cn2nccc2cc1Nc1cc(NC(C)C)c(C(=O)NC[C@@H](F)C(C)(C)O)cn1. The summed E-state index contributed by atoms with van der Waals surface area (Å²) in [5.74, 6) is 0.0949. The molecule has 0 aliphatic rings. The van der Waals surface area contributed by atoms with Crippen LogP contribution in [0.1, 0.15) is 43.6 Å². The van der Waals surface area contributed by atoms with E-state index in [0.717, 1.165) is 16.8 Å². The van der Waals surface area contributed by atoms with Crippen LogP contribution in [0.2, 0.25) is 0 Å². The van der Waals surface area contributed by atoms with E-state index in [1.807, 2.05) is 39.1 Å². The first-order chi connectivity index (χ1) is 14.5. The Morgan fingerprint density at radius 3 is 2.71 bits per heavy atom. The Balaban J connectivity index is 1.83. The molecule has 0 saturated carbocycles. The zero-order valence-corrected chi connectivity index (χ0v) is 18.4. The summed E-state index contributed by atoms with van der Waals surface area (Å²) >= 11 is 0. The highest BCUT2D eigenvalue weighted by Crippen LogP contribution is 2.25. The highest BCUT2D eigenvalue weighted by Gasteiger charge is 2.27. The minimum atomic E-state index is -1.59. The van der Waals surface area contributed by atoms with Crippen molar-refractivity contribution in [2.24, 2.45) is 0 Å². The van der Waals surface area contributed by atoms with Gasteiger partial charge in [0.1, 0.15) is 12.0 Å². The van der Waals surface area contributed by atoms with Gasteiger partial charge in [-0.2, -0.15) is 5.10 Å². The molecule has 3 heterocycles. The summed E-state index contributed by atoms with van der Waals surface area (Å²) in [7, 11) is 0. The number of aromatic nitrogens is 3. The van der Waals surface area contributed by atoms with Crippen molar-refractivity contribution in [2.45, 2.75) is 52.4 Å². The molecule has 166 valence electrons. The molecule has 0 unspecified atom stereocenters. The number of aryl methyl sites for hydroxylation is 1. The minimum Gasteiger partial charge on any atom is -0.387 e. The quantitative estimate of drug-likeness (QED) is 0.438. The number of amides is 1. The molecule has 9 heteroatoms. The van der Waals surface area contributed by atoms with Crippen LogP contribution < -0.4 is 16.0 Å². The summed E-state index contributed by atoms with van der Waals surface area (Å²) in [6.07, 6.45) is 3.51. The van der Waals surface area contributed by atoms with Gasteiger partial charge in [-0.3, -0.25) is 4.79 Å². The topological polar surface area (TPSA) is 104 Å². The lowest BCUT2D eigenvalue weighted by Gasteiger charge is -2.23. The van der Waals surface area contributed by atoms with E-state index in [-0.39, 0.29) is 12.6 Å². The average molecular weight is 429 g/mol. The van der Waals surface area contributed by atoms with E-state index in [1.165, 1.54) is 20.0 Å². The molecule has 4 N–H and O–H groups in total. The fourth-order valence-electron chi connectivity index (χ4n) is 3.00. The molecule has 0 bridgehead atoms. The molecule has 3 rings (SSSR count).